The average Bonchev–Trinajstić information content (AvgIpc) is 3.02. The third-order valence-electron chi connectivity index (χ3n) is 4.78. The van der Waals surface area contributed by atoms with E-state index in [-0.39, 0.29) is 17.3 Å². The van der Waals surface area contributed by atoms with E-state index < -0.39 is 10.0 Å². The van der Waals surface area contributed by atoms with Crippen molar-refractivity contribution in [1.29, 1.82) is 0 Å². The Morgan fingerprint density at radius 2 is 1.89 bits per heavy atom. The minimum Gasteiger partial charge on any atom is -0.481 e. The van der Waals surface area contributed by atoms with E-state index >= 15 is 0 Å². The number of aromatic nitrogens is 1. The van der Waals surface area contributed by atoms with Gasteiger partial charge in [0, 0.05) is 37.0 Å². The topological polar surface area (TPSA) is 88.6 Å². The Hall–Kier alpha value is -2.45. The second-order valence-electron chi connectivity index (χ2n) is 6.70. The number of hydrogen-bond acceptors (Lipinski definition) is 5. The van der Waals surface area contributed by atoms with E-state index in [1.54, 1.807) is 30.5 Å². The number of rotatable bonds is 6. The lowest BCUT2D eigenvalue weighted by Gasteiger charge is -2.20. The van der Waals surface area contributed by atoms with Crippen molar-refractivity contribution < 1.29 is 17.9 Å². The third-order valence-corrected chi connectivity index (χ3v) is 6.68. The summed E-state index contributed by atoms with van der Waals surface area (Å²) in [6, 6.07) is 9.77. The lowest BCUT2D eigenvalue weighted by molar-refractivity contribution is 0.0950. The van der Waals surface area contributed by atoms with Crippen molar-refractivity contribution >= 4 is 15.9 Å². The number of nitrogens with one attached hydrogen (secondary N) is 1. The van der Waals surface area contributed by atoms with E-state index in [0.29, 0.717) is 24.5 Å². The fourth-order valence-corrected chi connectivity index (χ4v) is 4.81. The van der Waals surface area contributed by atoms with Crippen molar-refractivity contribution in [3.63, 3.8) is 0 Å². The molecular weight excluding hydrogens is 378 g/mol. The molecule has 1 aliphatic rings. The summed E-state index contributed by atoms with van der Waals surface area (Å²) in [7, 11) is -2.08. The van der Waals surface area contributed by atoms with Crippen molar-refractivity contribution in [2.24, 2.45) is 0 Å². The number of carbonyl (C=O) groups is 1. The zero-order valence-corrected chi connectivity index (χ0v) is 16.7. The minimum atomic E-state index is -3.60. The molecule has 0 aliphatic carbocycles. The molecule has 0 radical (unpaired) electrons. The molecule has 150 valence electrons. The molecule has 0 saturated carbocycles. The minimum absolute atomic E-state index is 0.154. The Morgan fingerprint density at radius 3 is 2.61 bits per heavy atom. The number of nitrogens with zero attached hydrogens (tertiary/aromatic N) is 2. The summed E-state index contributed by atoms with van der Waals surface area (Å²) in [5, 5.41) is 2.79. The van der Waals surface area contributed by atoms with Gasteiger partial charge in [-0.2, -0.15) is 4.31 Å². The van der Waals surface area contributed by atoms with E-state index in [4.69, 9.17) is 4.74 Å². The second kappa shape index (κ2) is 9.16. The number of carbonyl (C=O) groups excluding carboxylic acids is 1. The van der Waals surface area contributed by atoms with Crippen molar-refractivity contribution in [2.45, 2.75) is 37.1 Å². The van der Waals surface area contributed by atoms with Crippen LogP contribution in [0.5, 0.6) is 5.88 Å². The van der Waals surface area contributed by atoms with Gasteiger partial charge in [0.05, 0.1) is 12.0 Å². The normalized spacial score (nSPS) is 15.6. The zero-order chi connectivity index (χ0) is 20.0. The molecule has 1 N–H and O–H groups in total. The van der Waals surface area contributed by atoms with Gasteiger partial charge in [0.15, 0.2) is 0 Å². The Morgan fingerprint density at radius 1 is 1.14 bits per heavy atom. The molecule has 0 spiro atoms. The summed E-state index contributed by atoms with van der Waals surface area (Å²) < 4.78 is 32.6. The van der Waals surface area contributed by atoms with Crippen molar-refractivity contribution in [2.75, 3.05) is 20.2 Å². The number of hydrogen-bond donors (Lipinski definition) is 1. The lowest BCUT2D eigenvalue weighted by Crippen LogP contribution is -2.32. The van der Waals surface area contributed by atoms with Gasteiger partial charge < -0.3 is 10.1 Å². The van der Waals surface area contributed by atoms with Crippen LogP contribution < -0.4 is 10.1 Å². The number of methoxy groups -OCH3 is 1. The van der Waals surface area contributed by atoms with Gasteiger partial charge in [-0.3, -0.25) is 4.79 Å². The van der Waals surface area contributed by atoms with Crippen LogP contribution >= 0.6 is 0 Å². The lowest BCUT2D eigenvalue weighted by atomic mass is 10.2. The first-order valence-corrected chi connectivity index (χ1v) is 10.8. The maximum atomic E-state index is 12.9. The van der Waals surface area contributed by atoms with Crippen molar-refractivity contribution in [3.8, 4) is 5.88 Å². The van der Waals surface area contributed by atoms with Crippen molar-refractivity contribution in [3.05, 3.63) is 53.7 Å². The Kier molecular flexibility index (Phi) is 6.64. The Balaban J connectivity index is 1.74. The first-order valence-electron chi connectivity index (χ1n) is 9.38. The van der Waals surface area contributed by atoms with Crippen LogP contribution in [-0.2, 0) is 16.6 Å². The van der Waals surface area contributed by atoms with Crippen LogP contribution in [-0.4, -0.2) is 43.8 Å². The second-order valence-corrected chi connectivity index (χ2v) is 8.64. The van der Waals surface area contributed by atoms with Gasteiger partial charge in [0.2, 0.25) is 15.9 Å². The monoisotopic (exact) mass is 403 g/mol. The van der Waals surface area contributed by atoms with Crippen LogP contribution in [0.3, 0.4) is 0 Å². The molecule has 1 aliphatic heterocycles. The predicted octanol–water partition coefficient (Wildman–Crippen LogP) is 2.58. The van der Waals surface area contributed by atoms with Gasteiger partial charge in [-0.1, -0.05) is 25.0 Å². The van der Waals surface area contributed by atoms with Crippen molar-refractivity contribution in [1.82, 2.24) is 14.6 Å². The zero-order valence-electron chi connectivity index (χ0n) is 15.9. The Labute approximate surface area is 165 Å². The van der Waals surface area contributed by atoms with Crippen LogP contribution in [0.2, 0.25) is 0 Å². The largest absolute Gasteiger partial charge is 0.481 e. The highest BCUT2D eigenvalue weighted by Gasteiger charge is 2.25. The molecule has 7 nitrogen and oxygen atoms in total. The summed E-state index contributed by atoms with van der Waals surface area (Å²) >= 11 is 0. The van der Waals surface area contributed by atoms with E-state index in [2.05, 4.69) is 10.3 Å². The molecule has 1 aromatic carbocycles. The van der Waals surface area contributed by atoms with E-state index in [1.165, 1.54) is 17.5 Å². The van der Waals surface area contributed by atoms with E-state index in [9.17, 15) is 13.2 Å². The van der Waals surface area contributed by atoms with Crippen LogP contribution in [0.15, 0.2) is 47.5 Å². The maximum Gasteiger partial charge on any atom is 0.251 e. The number of sulfonamides is 1. The molecule has 1 aromatic heterocycles. The smallest absolute Gasteiger partial charge is 0.251 e. The SMILES string of the molecule is COc1ncccc1CNC(=O)c1cccc(S(=O)(=O)N2CCCCCC2)c1. The highest BCUT2D eigenvalue weighted by atomic mass is 32.2. The predicted molar refractivity (Wildman–Crippen MR) is 106 cm³/mol. The number of pyridine rings is 1. The summed E-state index contributed by atoms with van der Waals surface area (Å²) in [6.45, 7) is 1.29. The molecule has 1 fully saturated rings. The quantitative estimate of drug-likeness (QED) is 0.801. The summed E-state index contributed by atoms with van der Waals surface area (Å²) in [5.41, 5.74) is 1.05. The first-order chi connectivity index (χ1) is 13.5. The van der Waals surface area contributed by atoms with Crippen LogP contribution in [0.4, 0.5) is 0 Å². The molecule has 0 atom stereocenters. The van der Waals surface area contributed by atoms with Crippen LogP contribution in [0, 0.1) is 0 Å². The molecule has 1 amide bonds. The maximum absolute atomic E-state index is 12.9. The molecule has 8 heteroatoms. The highest BCUT2D eigenvalue weighted by molar-refractivity contribution is 7.89. The summed E-state index contributed by atoms with van der Waals surface area (Å²) in [5.74, 6) is 0.0964. The molecule has 2 heterocycles. The molecule has 2 aromatic rings. The van der Waals surface area contributed by atoms with E-state index in [0.717, 1.165) is 31.2 Å². The fraction of sp³-hybridized carbons (Fsp3) is 0.400. The average molecular weight is 404 g/mol. The first kappa shape index (κ1) is 20.3. The molecule has 0 unspecified atom stereocenters. The summed E-state index contributed by atoms with van der Waals surface area (Å²) in [4.78, 5) is 16.8. The van der Waals surface area contributed by atoms with Gasteiger partial charge >= 0.3 is 0 Å². The van der Waals surface area contributed by atoms with Gasteiger partial charge in [-0.25, -0.2) is 13.4 Å². The molecule has 1 saturated heterocycles. The molecule has 0 bridgehead atoms. The third kappa shape index (κ3) is 4.69. The fourth-order valence-electron chi connectivity index (χ4n) is 3.25. The van der Waals surface area contributed by atoms with Crippen LogP contribution in [0.1, 0.15) is 41.6 Å². The van der Waals surface area contributed by atoms with E-state index in [1.807, 2.05) is 6.07 Å². The molecule has 28 heavy (non-hydrogen) atoms. The number of benzene rings is 1. The van der Waals surface area contributed by atoms with Gasteiger partial charge in [-0.15, -0.1) is 0 Å². The number of ether oxygens (including phenoxy) is 1. The highest BCUT2D eigenvalue weighted by Crippen LogP contribution is 2.21. The number of amides is 1. The van der Waals surface area contributed by atoms with Crippen LogP contribution in [0.25, 0.3) is 0 Å². The molecule has 3 rings (SSSR count). The molecular formula is C20H25N3O4S. The van der Waals surface area contributed by atoms with Gasteiger partial charge in [0.25, 0.3) is 5.91 Å². The van der Waals surface area contributed by atoms with Gasteiger partial charge in [-0.05, 0) is 37.1 Å². The summed E-state index contributed by atoms with van der Waals surface area (Å²) in [6.07, 6.45) is 5.44. The van der Waals surface area contributed by atoms with Gasteiger partial charge in [0.1, 0.15) is 0 Å². The Bertz CT molecular complexity index is 923. The standard InChI is InChI=1S/C20H25N3O4S/c1-27-20-17(9-7-11-21-20)15-22-19(24)16-8-6-10-18(14-16)28(25,26)23-12-4-2-3-5-13-23/h6-11,14H,2-5,12-13,15H2,1H3,(H,22,24).